The fraction of sp³-hybridized carbons (Fsp3) is 0.0667. The molecule has 19 heavy (non-hydrogen) atoms. The molecule has 0 aromatic heterocycles. The molecule has 0 aliphatic carbocycles. The molecule has 3 nitrogen and oxygen atoms in total. The molecule has 0 atom stereocenters. The van der Waals surface area contributed by atoms with Gasteiger partial charge in [-0.3, -0.25) is 0 Å². The summed E-state index contributed by atoms with van der Waals surface area (Å²) in [6.07, 6.45) is 4.53. The van der Waals surface area contributed by atoms with E-state index in [0.717, 1.165) is 5.56 Å². The maximum absolute atomic E-state index is 11.8. The molecule has 0 fully saturated rings. The summed E-state index contributed by atoms with van der Waals surface area (Å²) < 4.78 is 24.9. The quantitative estimate of drug-likeness (QED) is 0.858. The number of anilines is 1. The van der Waals surface area contributed by atoms with Crippen molar-refractivity contribution in [1.29, 1.82) is 0 Å². The summed E-state index contributed by atoms with van der Waals surface area (Å²) in [4.78, 5) is 0. The second-order valence-corrected chi connectivity index (χ2v) is 5.98. The van der Waals surface area contributed by atoms with Crippen molar-refractivity contribution in [1.82, 2.24) is 0 Å². The minimum atomic E-state index is -3.34. The molecule has 0 aliphatic rings. The van der Waals surface area contributed by atoms with E-state index in [4.69, 9.17) is 0 Å². The summed E-state index contributed by atoms with van der Waals surface area (Å²) in [6, 6.07) is 18.6. The van der Waals surface area contributed by atoms with Gasteiger partial charge < -0.3 is 0 Å². The molecule has 0 saturated carbocycles. The van der Waals surface area contributed by atoms with Gasteiger partial charge in [0.1, 0.15) is 0 Å². The van der Waals surface area contributed by atoms with Crippen LogP contribution in [0.5, 0.6) is 0 Å². The number of sulfonamides is 1. The lowest BCUT2D eigenvalue weighted by Crippen LogP contribution is -2.23. The number of benzene rings is 2. The van der Waals surface area contributed by atoms with Crippen LogP contribution in [0, 0.1) is 0 Å². The highest BCUT2D eigenvalue weighted by Gasteiger charge is 2.13. The summed E-state index contributed by atoms with van der Waals surface area (Å²) in [5.41, 5.74) is 1.57. The maximum atomic E-state index is 11.8. The molecular weight excluding hydrogens is 258 g/mol. The molecule has 0 spiro atoms. The largest absolute Gasteiger partial charge is 0.246 e. The molecule has 0 heterocycles. The average molecular weight is 273 g/mol. The lowest BCUT2D eigenvalue weighted by atomic mass is 10.2. The third-order valence-corrected chi connectivity index (χ3v) is 3.62. The Morgan fingerprint density at radius 1 is 0.895 bits per heavy atom. The first-order valence-corrected chi connectivity index (χ1v) is 7.70. The Morgan fingerprint density at radius 3 is 1.95 bits per heavy atom. The number of nitrogens with zero attached hydrogens (tertiary/aromatic N) is 1. The highest BCUT2D eigenvalue weighted by atomic mass is 32.2. The fourth-order valence-electron chi connectivity index (χ4n) is 1.68. The van der Waals surface area contributed by atoms with E-state index in [1.165, 1.54) is 10.6 Å². The monoisotopic (exact) mass is 273 g/mol. The molecule has 0 N–H and O–H groups in total. The predicted octanol–water partition coefficient (Wildman–Crippen LogP) is 3.12. The first kappa shape index (κ1) is 13.4. The van der Waals surface area contributed by atoms with Gasteiger partial charge in [0.2, 0.25) is 10.0 Å². The van der Waals surface area contributed by atoms with E-state index in [9.17, 15) is 8.42 Å². The van der Waals surface area contributed by atoms with Crippen molar-refractivity contribution < 1.29 is 8.42 Å². The van der Waals surface area contributed by atoms with E-state index in [1.54, 1.807) is 24.4 Å². The summed E-state index contributed by atoms with van der Waals surface area (Å²) in [6.45, 7) is 0. The molecular formula is C15H15NO2S. The molecule has 0 unspecified atom stereocenters. The smallest absolute Gasteiger partial charge is 0.236 e. The molecule has 0 saturated heterocycles. The van der Waals surface area contributed by atoms with Crippen LogP contribution in [-0.2, 0) is 10.0 Å². The van der Waals surface area contributed by atoms with E-state index in [0.29, 0.717) is 5.69 Å². The first-order chi connectivity index (χ1) is 9.07. The lowest BCUT2D eigenvalue weighted by Gasteiger charge is -2.17. The predicted molar refractivity (Wildman–Crippen MR) is 79.2 cm³/mol. The number of para-hydroxylation sites is 1. The van der Waals surface area contributed by atoms with Gasteiger partial charge in [-0.05, 0) is 23.8 Å². The van der Waals surface area contributed by atoms with Crippen LogP contribution in [0.3, 0.4) is 0 Å². The topological polar surface area (TPSA) is 37.4 Å². The van der Waals surface area contributed by atoms with Crippen LogP contribution in [0.15, 0.2) is 66.9 Å². The fourth-order valence-corrected chi connectivity index (χ4v) is 2.47. The van der Waals surface area contributed by atoms with Gasteiger partial charge in [0.15, 0.2) is 0 Å². The molecule has 2 aromatic carbocycles. The summed E-state index contributed by atoms with van der Waals surface area (Å²) in [5.74, 6) is 0. The van der Waals surface area contributed by atoms with Gasteiger partial charge in [-0.2, -0.15) is 0 Å². The van der Waals surface area contributed by atoms with Crippen LogP contribution in [0.4, 0.5) is 5.69 Å². The van der Waals surface area contributed by atoms with Gasteiger partial charge in [0.05, 0.1) is 11.9 Å². The standard InChI is InChI=1S/C15H15NO2S/c1-19(17,18)16(15-10-6-3-7-11-15)13-12-14-8-4-2-5-9-14/h2-13H,1H3. The zero-order chi connectivity index (χ0) is 13.7. The molecule has 2 aromatic rings. The van der Waals surface area contributed by atoms with Crippen molar-refractivity contribution in [3.63, 3.8) is 0 Å². The average Bonchev–Trinajstić information content (AvgIpc) is 2.40. The van der Waals surface area contributed by atoms with Crippen molar-refractivity contribution >= 4 is 21.8 Å². The number of rotatable bonds is 4. The molecule has 0 radical (unpaired) electrons. The van der Waals surface area contributed by atoms with E-state index >= 15 is 0 Å². The molecule has 0 bridgehead atoms. The Balaban J connectivity index is 2.34. The second-order valence-electron chi connectivity index (χ2n) is 4.12. The summed E-state index contributed by atoms with van der Waals surface area (Å²) >= 11 is 0. The molecule has 4 heteroatoms. The third kappa shape index (κ3) is 3.69. The molecule has 2 rings (SSSR count). The van der Waals surface area contributed by atoms with E-state index in [-0.39, 0.29) is 0 Å². The van der Waals surface area contributed by atoms with Gasteiger partial charge in [-0.15, -0.1) is 0 Å². The minimum Gasteiger partial charge on any atom is -0.246 e. The van der Waals surface area contributed by atoms with Gasteiger partial charge in [0.25, 0.3) is 0 Å². The number of hydrogen-bond acceptors (Lipinski definition) is 2. The SMILES string of the molecule is CS(=O)(=O)N(C=Cc1ccccc1)c1ccccc1. The number of hydrogen-bond donors (Lipinski definition) is 0. The first-order valence-electron chi connectivity index (χ1n) is 5.85. The molecule has 98 valence electrons. The van der Waals surface area contributed by atoms with Crippen LogP contribution in [0.1, 0.15) is 5.56 Å². The zero-order valence-corrected chi connectivity index (χ0v) is 11.4. The highest BCUT2D eigenvalue weighted by Crippen LogP contribution is 2.18. The normalized spacial score (nSPS) is 11.6. The van der Waals surface area contributed by atoms with Gasteiger partial charge in [-0.1, -0.05) is 48.5 Å². The Kier molecular flexibility index (Phi) is 4.02. The van der Waals surface area contributed by atoms with Crippen LogP contribution in [0.25, 0.3) is 6.08 Å². The van der Waals surface area contributed by atoms with Crippen LogP contribution < -0.4 is 4.31 Å². The van der Waals surface area contributed by atoms with Crippen molar-refractivity contribution in [3.05, 3.63) is 72.4 Å². The highest BCUT2D eigenvalue weighted by molar-refractivity contribution is 7.92. The van der Waals surface area contributed by atoms with E-state index in [1.807, 2.05) is 48.5 Å². The Hall–Kier alpha value is -2.07. The Bertz CT molecular complexity index is 649. The van der Waals surface area contributed by atoms with Gasteiger partial charge in [-0.25, -0.2) is 12.7 Å². The second kappa shape index (κ2) is 5.71. The third-order valence-electron chi connectivity index (χ3n) is 2.57. The molecule has 0 aliphatic heterocycles. The Labute approximate surface area is 113 Å². The Morgan fingerprint density at radius 2 is 1.42 bits per heavy atom. The van der Waals surface area contributed by atoms with Crippen LogP contribution in [-0.4, -0.2) is 14.7 Å². The lowest BCUT2D eigenvalue weighted by molar-refractivity contribution is 0.601. The van der Waals surface area contributed by atoms with Crippen molar-refractivity contribution in [2.75, 3.05) is 10.6 Å². The van der Waals surface area contributed by atoms with Crippen molar-refractivity contribution in [2.24, 2.45) is 0 Å². The maximum Gasteiger partial charge on any atom is 0.236 e. The zero-order valence-electron chi connectivity index (χ0n) is 10.6. The van der Waals surface area contributed by atoms with Crippen LogP contribution >= 0.6 is 0 Å². The van der Waals surface area contributed by atoms with Gasteiger partial charge in [0, 0.05) is 6.20 Å². The summed E-state index contributed by atoms with van der Waals surface area (Å²) in [5, 5.41) is 0. The molecule has 0 amide bonds. The van der Waals surface area contributed by atoms with Crippen molar-refractivity contribution in [3.8, 4) is 0 Å². The van der Waals surface area contributed by atoms with E-state index in [2.05, 4.69) is 0 Å². The van der Waals surface area contributed by atoms with Gasteiger partial charge >= 0.3 is 0 Å². The van der Waals surface area contributed by atoms with Crippen molar-refractivity contribution in [2.45, 2.75) is 0 Å². The van der Waals surface area contributed by atoms with E-state index < -0.39 is 10.0 Å². The summed E-state index contributed by atoms with van der Waals surface area (Å²) in [7, 11) is -3.34. The minimum absolute atomic E-state index is 0.622. The van der Waals surface area contributed by atoms with Crippen LogP contribution in [0.2, 0.25) is 0 Å².